The molecule has 0 saturated carbocycles. The molecule has 1 aromatic heterocycles. The van der Waals surface area contributed by atoms with Crippen LogP contribution in [0.3, 0.4) is 0 Å². The highest BCUT2D eigenvalue weighted by atomic mass is 32.2. The Morgan fingerprint density at radius 3 is 2.46 bits per heavy atom. The van der Waals surface area contributed by atoms with Crippen molar-refractivity contribution in [3.05, 3.63) is 77.5 Å². The van der Waals surface area contributed by atoms with Gasteiger partial charge in [0, 0.05) is 31.3 Å². The first-order valence-electron chi connectivity index (χ1n) is 12.3. The monoisotopic (exact) mass is 522 g/mol. The van der Waals surface area contributed by atoms with Gasteiger partial charge in [0.25, 0.3) is 10.0 Å². The summed E-state index contributed by atoms with van der Waals surface area (Å²) in [5, 5.41) is 0.722. The van der Waals surface area contributed by atoms with Gasteiger partial charge in [-0.2, -0.15) is 0 Å². The van der Waals surface area contributed by atoms with Crippen LogP contribution in [-0.2, 0) is 29.1 Å². The summed E-state index contributed by atoms with van der Waals surface area (Å²) in [4.78, 5) is 27.1. The number of para-hydroxylation sites is 1. The molecule has 8 nitrogen and oxygen atoms in total. The van der Waals surface area contributed by atoms with Crippen molar-refractivity contribution in [1.29, 1.82) is 0 Å². The van der Waals surface area contributed by atoms with Crippen molar-refractivity contribution in [2.24, 2.45) is 5.92 Å². The predicted octanol–water partition coefficient (Wildman–Crippen LogP) is 4.02. The summed E-state index contributed by atoms with van der Waals surface area (Å²) in [6.07, 6.45) is 2.58. The lowest BCUT2D eigenvalue weighted by Gasteiger charge is -2.47. The fraction of sp³-hybridized carbons (Fsp3) is 0.357. The van der Waals surface area contributed by atoms with Crippen molar-refractivity contribution < 1.29 is 27.5 Å². The number of hydrogen-bond acceptors (Lipinski definition) is 7. The average Bonchev–Trinajstić information content (AvgIpc) is 3.25. The third-order valence-electron chi connectivity index (χ3n) is 7.51. The Balaban J connectivity index is 1.80. The maximum Gasteiger partial charge on any atom is 0.313 e. The molecule has 1 fully saturated rings. The summed E-state index contributed by atoms with van der Waals surface area (Å²) in [5.74, 6) is -1.50. The fourth-order valence-corrected chi connectivity index (χ4v) is 7.56. The van der Waals surface area contributed by atoms with Crippen molar-refractivity contribution in [3.8, 4) is 0 Å². The topological polar surface area (TPSA) is 94.9 Å². The molecular weight excluding hydrogens is 492 g/mol. The number of carbonyl (C=O) groups excluding carboxylic acids is 2. The van der Waals surface area contributed by atoms with Gasteiger partial charge in [-0.3, -0.25) is 14.5 Å². The molecule has 194 valence electrons. The number of likely N-dealkylation sites (tertiary alicyclic amines) is 1. The van der Waals surface area contributed by atoms with Gasteiger partial charge in [-0.1, -0.05) is 48.0 Å². The lowest BCUT2D eigenvalue weighted by atomic mass is 9.68. The Hall–Kier alpha value is -3.43. The zero-order valence-corrected chi connectivity index (χ0v) is 21.9. The Labute approximate surface area is 216 Å². The minimum atomic E-state index is -3.99. The van der Waals surface area contributed by atoms with Gasteiger partial charge >= 0.3 is 11.9 Å². The largest absolute Gasteiger partial charge is 0.469 e. The maximum absolute atomic E-state index is 14.2. The van der Waals surface area contributed by atoms with E-state index in [4.69, 9.17) is 9.47 Å². The van der Waals surface area contributed by atoms with Crippen molar-refractivity contribution in [2.45, 2.75) is 37.1 Å². The molecule has 3 atom stereocenters. The minimum Gasteiger partial charge on any atom is -0.469 e. The number of piperidine rings is 1. The van der Waals surface area contributed by atoms with E-state index in [1.165, 1.54) is 18.0 Å². The fourth-order valence-electron chi connectivity index (χ4n) is 5.95. The highest BCUT2D eigenvalue weighted by Gasteiger charge is 2.50. The van der Waals surface area contributed by atoms with Crippen LogP contribution in [0.1, 0.15) is 43.5 Å². The van der Waals surface area contributed by atoms with Gasteiger partial charge in [0.05, 0.1) is 35.2 Å². The van der Waals surface area contributed by atoms with E-state index in [0.29, 0.717) is 36.3 Å². The van der Waals surface area contributed by atoms with E-state index in [-0.39, 0.29) is 35.4 Å². The number of esters is 2. The van der Waals surface area contributed by atoms with Gasteiger partial charge in [-0.05, 0) is 37.1 Å². The number of fused-ring (bicyclic) bond motifs is 6. The molecule has 2 bridgehead atoms. The van der Waals surface area contributed by atoms with Crippen LogP contribution in [0.25, 0.3) is 10.9 Å². The maximum atomic E-state index is 14.2. The van der Waals surface area contributed by atoms with E-state index in [2.05, 4.69) is 4.90 Å². The third-order valence-corrected chi connectivity index (χ3v) is 9.25. The van der Waals surface area contributed by atoms with E-state index >= 15 is 0 Å². The molecule has 0 radical (unpaired) electrons. The van der Waals surface area contributed by atoms with Gasteiger partial charge in [-0.25, -0.2) is 12.4 Å². The van der Waals surface area contributed by atoms with E-state index < -0.39 is 15.9 Å². The first kappa shape index (κ1) is 25.2. The van der Waals surface area contributed by atoms with Crippen LogP contribution in [0.2, 0.25) is 0 Å². The molecule has 0 N–H and O–H groups in total. The van der Waals surface area contributed by atoms with Crippen molar-refractivity contribution in [2.75, 3.05) is 26.8 Å². The third kappa shape index (κ3) is 4.16. The second kappa shape index (κ2) is 9.79. The molecule has 0 amide bonds. The number of benzene rings is 2. The number of hydrogen-bond donors (Lipinski definition) is 0. The van der Waals surface area contributed by atoms with E-state index in [1.54, 1.807) is 42.5 Å². The molecule has 1 aliphatic heterocycles. The van der Waals surface area contributed by atoms with Gasteiger partial charge in [0.15, 0.2) is 0 Å². The van der Waals surface area contributed by atoms with Gasteiger partial charge < -0.3 is 9.47 Å². The first-order valence-corrected chi connectivity index (χ1v) is 13.8. The lowest BCUT2D eigenvalue weighted by Crippen LogP contribution is -2.47. The number of aromatic nitrogens is 1. The van der Waals surface area contributed by atoms with E-state index in [1.807, 2.05) is 25.1 Å². The zero-order chi connectivity index (χ0) is 26.3. The van der Waals surface area contributed by atoms with Gasteiger partial charge in [-0.15, -0.1) is 0 Å². The zero-order valence-electron chi connectivity index (χ0n) is 21.1. The van der Waals surface area contributed by atoms with E-state index in [9.17, 15) is 18.0 Å². The van der Waals surface area contributed by atoms with Crippen LogP contribution in [-0.4, -0.2) is 56.0 Å². The van der Waals surface area contributed by atoms with Crippen LogP contribution >= 0.6 is 0 Å². The quantitative estimate of drug-likeness (QED) is 0.356. The number of allylic oxidation sites excluding steroid dienone is 1. The Morgan fingerprint density at radius 1 is 1.08 bits per heavy atom. The molecule has 0 unspecified atom stereocenters. The summed E-state index contributed by atoms with van der Waals surface area (Å²) in [5.41, 5.74) is 2.89. The number of nitrogens with zero attached hydrogens (tertiary/aromatic N) is 2. The molecule has 5 rings (SSSR count). The Kier molecular flexibility index (Phi) is 6.68. The van der Waals surface area contributed by atoms with Crippen molar-refractivity contribution >= 4 is 32.9 Å². The Morgan fingerprint density at radius 2 is 1.78 bits per heavy atom. The standard InChI is InChI=1S/C28H30N2O6S/c1-4-19-17-29(14-15-36-18(2)31)24-16-22(19)26(28(32)35-3)25-21-12-8-9-13-23(21)30(27(24)25)37(33,34)20-10-6-5-7-11-20/h4-13,22,24,26H,14-17H2,1-3H3/b19-4-/t22-,24-,26-/m1/s1. The summed E-state index contributed by atoms with van der Waals surface area (Å²) < 4.78 is 40.3. The van der Waals surface area contributed by atoms with Crippen molar-refractivity contribution in [1.82, 2.24) is 8.87 Å². The van der Waals surface area contributed by atoms with Crippen LogP contribution in [0.5, 0.6) is 0 Å². The van der Waals surface area contributed by atoms with Crippen LogP contribution < -0.4 is 0 Å². The number of methoxy groups -OCH3 is 1. The summed E-state index contributed by atoms with van der Waals surface area (Å²) in [6, 6.07) is 15.4. The summed E-state index contributed by atoms with van der Waals surface area (Å²) in [6.45, 7) is 4.48. The second-order valence-corrected chi connectivity index (χ2v) is 11.2. The second-order valence-electron chi connectivity index (χ2n) is 9.43. The highest BCUT2D eigenvalue weighted by Crippen LogP contribution is 2.54. The molecule has 2 aliphatic rings. The molecule has 2 aromatic carbocycles. The molecule has 0 spiro atoms. The summed E-state index contributed by atoms with van der Waals surface area (Å²) >= 11 is 0. The molecule has 1 aliphatic carbocycles. The molecule has 2 heterocycles. The van der Waals surface area contributed by atoms with Gasteiger partial charge in [0.2, 0.25) is 0 Å². The molecule has 1 saturated heterocycles. The highest BCUT2D eigenvalue weighted by molar-refractivity contribution is 7.90. The van der Waals surface area contributed by atoms with E-state index in [0.717, 1.165) is 11.0 Å². The number of rotatable bonds is 6. The number of carbonyl (C=O) groups is 2. The van der Waals surface area contributed by atoms with Crippen LogP contribution in [0.4, 0.5) is 0 Å². The molecule has 37 heavy (non-hydrogen) atoms. The summed E-state index contributed by atoms with van der Waals surface area (Å²) in [7, 11) is -2.62. The van der Waals surface area contributed by atoms with Gasteiger partial charge in [0.1, 0.15) is 6.61 Å². The Bertz CT molecular complexity index is 1490. The predicted molar refractivity (Wildman–Crippen MR) is 139 cm³/mol. The SMILES string of the molecule is C/C=C1/CN(CCOC(C)=O)[C@@H]2C[C@H]1[C@@H](C(=O)OC)c1c2n(S(=O)(=O)c2ccccc2)c2ccccc12. The average molecular weight is 523 g/mol. The molecular formula is C28H30N2O6S. The number of ether oxygens (including phenoxy) is 2. The van der Waals surface area contributed by atoms with Crippen LogP contribution in [0.15, 0.2) is 71.1 Å². The normalized spacial score (nSPS) is 22.6. The lowest BCUT2D eigenvalue weighted by molar-refractivity contribution is -0.145. The van der Waals surface area contributed by atoms with Crippen molar-refractivity contribution in [3.63, 3.8) is 0 Å². The first-order chi connectivity index (χ1) is 17.8. The minimum absolute atomic E-state index is 0.126. The molecule has 9 heteroatoms. The smallest absolute Gasteiger partial charge is 0.313 e. The van der Waals surface area contributed by atoms with Crippen LogP contribution in [0, 0.1) is 5.92 Å². The molecule has 3 aromatic rings.